The van der Waals surface area contributed by atoms with Crippen LogP contribution in [0.2, 0.25) is 0 Å². The van der Waals surface area contributed by atoms with Crippen LogP contribution < -0.4 is 0 Å². The fourth-order valence-corrected chi connectivity index (χ4v) is 0.949. The maximum absolute atomic E-state index is 12.4. The molecule has 1 aromatic heterocycles. The highest BCUT2D eigenvalue weighted by atomic mass is 19.1. The van der Waals surface area contributed by atoms with Gasteiger partial charge in [0, 0.05) is 11.5 Å². The molecule has 0 saturated carbocycles. The fourth-order valence-electron chi connectivity index (χ4n) is 0.949. The Balaban J connectivity index is 2.88. The Morgan fingerprint density at radius 1 is 1.20 bits per heavy atom. The molecule has 0 unspecified atom stereocenters. The molecule has 0 N–H and O–H groups in total. The first-order valence-electron chi connectivity index (χ1n) is 3.00. The minimum absolute atomic E-state index is 0.527. The zero-order valence-corrected chi connectivity index (χ0v) is 5.17. The molecule has 0 spiro atoms. The first-order valence-corrected chi connectivity index (χ1v) is 3.00. The van der Waals surface area contributed by atoms with Crippen molar-refractivity contribution in [3.63, 3.8) is 0 Å². The van der Waals surface area contributed by atoms with E-state index in [-0.39, 0.29) is 0 Å². The summed E-state index contributed by atoms with van der Waals surface area (Å²) in [5.74, 6) is 0. The summed E-state index contributed by atoms with van der Waals surface area (Å²) in [5.41, 5.74) is 0.597. The van der Waals surface area contributed by atoms with E-state index in [0.29, 0.717) is 5.58 Å². The number of benzene rings is 1. The molecule has 0 aliphatic rings. The molecule has 0 bridgehead atoms. The van der Waals surface area contributed by atoms with E-state index in [1.54, 1.807) is 6.07 Å². The second-order valence-electron chi connectivity index (χ2n) is 2.09. The average Bonchev–Trinajstić information content (AvgIpc) is 2.27. The molecule has 2 heteroatoms. The predicted molar refractivity (Wildman–Crippen MR) is 36.2 cm³/mol. The maximum atomic E-state index is 12.4. The Labute approximate surface area is 57.1 Å². The standard InChI is InChI=1S/C8H5FO/c9-8-5-6-3-1-2-4-7(6)10-8/h1-5H. The number of rotatable bonds is 0. The number of para-hydroxylation sites is 1. The summed E-state index contributed by atoms with van der Waals surface area (Å²) in [6.45, 7) is 0. The van der Waals surface area contributed by atoms with Crippen molar-refractivity contribution in [2.24, 2.45) is 0 Å². The van der Waals surface area contributed by atoms with E-state index in [2.05, 4.69) is 0 Å². The third-order valence-corrected chi connectivity index (χ3v) is 1.40. The van der Waals surface area contributed by atoms with Crippen molar-refractivity contribution in [3.05, 3.63) is 36.3 Å². The zero-order valence-electron chi connectivity index (χ0n) is 5.17. The number of halogens is 1. The first-order chi connectivity index (χ1) is 4.86. The first kappa shape index (κ1) is 5.47. The Bertz CT molecular complexity index is 318. The molecule has 0 fully saturated rings. The third kappa shape index (κ3) is 0.692. The van der Waals surface area contributed by atoms with Crippen LogP contribution in [0, 0.1) is 6.01 Å². The van der Waals surface area contributed by atoms with Gasteiger partial charge in [-0.1, -0.05) is 18.2 Å². The molecule has 50 valence electrons. The van der Waals surface area contributed by atoms with Crippen LogP contribution in [0.4, 0.5) is 4.39 Å². The van der Waals surface area contributed by atoms with E-state index >= 15 is 0 Å². The highest BCUT2D eigenvalue weighted by molar-refractivity contribution is 5.76. The van der Waals surface area contributed by atoms with Crippen LogP contribution in [-0.2, 0) is 0 Å². The molecule has 2 aromatic rings. The lowest BCUT2D eigenvalue weighted by molar-refractivity contribution is 0.381. The van der Waals surface area contributed by atoms with Crippen molar-refractivity contribution >= 4 is 11.0 Å². The van der Waals surface area contributed by atoms with Crippen LogP contribution in [0.5, 0.6) is 0 Å². The van der Waals surface area contributed by atoms with E-state index in [1.807, 2.05) is 18.2 Å². The largest absolute Gasteiger partial charge is 0.431 e. The summed E-state index contributed by atoms with van der Waals surface area (Å²) >= 11 is 0. The molecule has 1 aromatic carbocycles. The van der Waals surface area contributed by atoms with Crippen molar-refractivity contribution in [1.29, 1.82) is 0 Å². The normalized spacial score (nSPS) is 10.5. The molecular weight excluding hydrogens is 131 g/mol. The van der Waals surface area contributed by atoms with Gasteiger partial charge in [-0.25, -0.2) is 0 Å². The zero-order chi connectivity index (χ0) is 6.97. The minimum Gasteiger partial charge on any atom is -0.431 e. The van der Waals surface area contributed by atoms with Gasteiger partial charge >= 0.3 is 0 Å². The van der Waals surface area contributed by atoms with Gasteiger partial charge in [-0.05, 0) is 6.07 Å². The monoisotopic (exact) mass is 136 g/mol. The maximum Gasteiger partial charge on any atom is 0.278 e. The predicted octanol–water partition coefficient (Wildman–Crippen LogP) is 2.57. The van der Waals surface area contributed by atoms with E-state index in [1.165, 1.54) is 6.07 Å². The summed E-state index contributed by atoms with van der Waals surface area (Å²) in [5, 5.41) is 0.806. The fraction of sp³-hybridized carbons (Fsp3) is 0. The Morgan fingerprint density at radius 2 is 2.00 bits per heavy atom. The van der Waals surface area contributed by atoms with Gasteiger partial charge in [0.1, 0.15) is 5.58 Å². The second-order valence-corrected chi connectivity index (χ2v) is 2.09. The highest BCUT2D eigenvalue weighted by Crippen LogP contribution is 2.16. The molecule has 0 aliphatic heterocycles. The summed E-state index contributed by atoms with van der Waals surface area (Å²) in [6, 6.07) is 8.04. The van der Waals surface area contributed by atoms with Crippen LogP contribution in [0.15, 0.2) is 34.7 Å². The average molecular weight is 136 g/mol. The molecule has 0 saturated heterocycles. The summed E-state index contributed by atoms with van der Waals surface area (Å²) < 4.78 is 17.1. The van der Waals surface area contributed by atoms with Crippen LogP contribution >= 0.6 is 0 Å². The smallest absolute Gasteiger partial charge is 0.278 e. The second kappa shape index (κ2) is 1.84. The third-order valence-electron chi connectivity index (χ3n) is 1.40. The Kier molecular flexibility index (Phi) is 1.01. The topological polar surface area (TPSA) is 13.1 Å². The van der Waals surface area contributed by atoms with Crippen molar-refractivity contribution in [3.8, 4) is 0 Å². The Morgan fingerprint density at radius 3 is 2.80 bits per heavy atom. The van der Waals surface area contributed by atoms with E-state index in [9.17, 15) is 4.39 Å². The van der Waals surface area contributed by atoms with Crippen LogP contribution in [0.25, 0.3) is 11.0 Å². The van der Waals surface area contributed by atoms with Gasteiger partial charge in [0.2, 0.25) is 0 Å². The molecule has 1 nitrogen and oxygen atoms in total. The lowest BCUT2D eigenvalue weighted by Gasteiger charge is -1.81. The van der Waals surface area contributed by atoms with Gasteiger partial charge in [0.05, 0.1) is 0 Å². The van der Waals surface area contributed by atoms with Crippen LogP contribution in [0.3, 0.4) is 0 Å². The highest BCUT2D eigenvalue weighted by Gasteiger charge is 1.98. The molecule has 0 aliphatic carbocycles. The van der Waals surface area contributed by atoms with Gasteiger partial charge in [-0.15, -0.1) is 0 Å². The van der Waals surface area contributed by atoms with Crippen molar-refractivity contribution < 1.29 is 8.81 Å². The van der Waals surface area contributed by atoms with Gasteiger partial charge in [0.25, 0.3) is 6.01 Å². The summed E-state index contributed by atoms with van der Waals surface area (Å²) in [4.78, 5) is 0. The van der Waals surface area contributed by atoms with Crippen LogP contribution in [-0.4, -0.2) is 0 Å². The number of furan rings is 1. The summed E-state index contributed by atoms with van der Waals surface area (Å²) in [6.07, 6.45) is 0. The molecule has 0 radical (unpaired) electrons. The lowest BCUT2D eigenvalue weighted by Crippen LogP contribution is -1.57. The van der Waals surface area contributed by atoms with Crippen LogP contribution in [0.1, 0.15) is 0 Å². The SMILES string of the molecule is Fc1cc2ccccc2o1. The van der Waals surface area contributed by atoms with E-state index < -0.39 is 6.01 Å². The molecule has 0 atom stereocenters. The number of hydrogen-bond donors (Lipinski definition) is 0. The molecule has 10 heavy (non-hydrogen) atoms. The minimum atomic E-state index is -0.527. The lowest BCUT2D eigenvalue weighted by atomic mass is 10.3. The summed E-state index contributed by atoms with van der Waals surface area (Å²) in [7, 11) is 0. The molecular formula is C8H5FO. The van der Waals surface area contributed by atoms with Gasteiger partial charge in [-0.2, -0.15) is 4.39 Å². The van der Waals surface area contributed by atoms with E-state index in [4.69, 9.17) is 4.42 Å². The molecule has 2 rings (SSSR count). The van der Waals surface area contributed by atoms with Crippen molar-refractivity contribution in [2.45, 2.75) is 0 Å². The number of hydrogen-bond acceptors (Lipinski definition) is 1. The molecule has 1 heterocycles. The van der Waals surface area contributed by atoms with Gasteiger partial charge < -0.3 is 4.42 Å². The van der Waals surface area contributed by atoms with Crippen molar-refractivity contribution in [1.82, 2.24) is 0 Å². The quantitative estimate of drug-likeness (QED) is 0.542. The number of fused-ring (bicyclic) bond motifs is 1. The van der Waals surface area contributed by atoms with Gasteiger partial charge in [-0.3, -0.25) is 0 Å². The van der Waals surface area contributed by atoms with Gasteiger partial charge in [0.15, 0.2) is 0 Å². The van der Waals surface area contributed by atoms with E-state index in [0.717, 1.165) is 5.39 Å². The van der Waals surface area contributed by atoms with Crippen molar-refractivity contribution in [2.75, 3.05) is 0 Å². The Hall–Kier alpha value is -1.31. The molecule has 0 amide bonds.